The second-order valence-corrected chi connectivity index (χ2v) is 5.10. The van der Waals surface area contributed by atoms with E-state index in [0.717, 1.165) is 11.1 Å². The maximum absolute atomic E-state index is 11.7. The lowest BCUT2D eigenvalue weighted by atomic mass is 10.1. The minimum atomic E-state index is -0.398. The zero-order valence-corrected chi connectivity index (χ0v) is 12.9. The molecule has 0 saturated heterocycles. The highest BCUT2D eigenvalue weighted by Gasteiger charge is 2.04. The number of aromatic hydroxyl groups is 2. The van der Waals surface area contributed by atoms with Gasteiger partial charge in [-0.2, -0.15) is 5.10 Å². The van der Waals surface area contributed by atoms with Crippen LogP contribution in [-0.4, -0.2) is 28.9 Å². The van der Waals surface area contributed by atoms with E-state index in [1.54, 1.807) is 6.07 Å². The van der Waals surface area contributed by atoms with Crippen LogP contribution >= 0.6 is 0 Å². The van der Waals surface area contributed by atoms with Crippen LogP contribution < -0.4 is 10.2 Å². The lowest BCUT2D eigenvalue weighted by molar-refractivity contribution is -0.123. The molecule has 0 unspecified atom stereocenters. The highest BCUT2D eigenvalue weighted by molar-refractivity contribution is 5.83. The zero-order chi connectivity index (χ0) is 16.8. The molecule has 0 heterocycles. The number of amides is 1. The molecule has 6 nitrogen and oxygen atoms in total. The lowest BCUT2D eigenvalue weighted by Gasteiger charge is -2.08. The molecule has 23 heavy (non-hydrogen) atoms. The Morgan fingerprint density at radius 2 is 1.96 bits per heavy atom. The van der Waals surface area contributed by atoms with E-state index >= 15 is 0 Å². The number of hydrogen-bond acceptors (Lipinski definition) is 5. The van der Waals surface area contributed by atoms with Crippen LogP contribution in [0.25, 0.3) is 0 Å². The molecule has 0 atom stereocenters. The average Bonchev–Trinajstić information content (AvgIpc) is 2.52. The highest BCUT2D eigenvalue weighted by Crippen LogP contribution is 2.24. The fraction of sp³-hybridized carbons (Fsp3) is 0.176. The van der Waals surface area contributed by atoms with Gasteiger partial charge >= 0.3 is 0 Å². The van der Waals surface area contributed by atoms with Crippen molar-refractivity contribution in [2.45, 2.75) is 13.8 Å². The molecule has 0 bridgehead atoms. The Hall–Kier alpha value is -3.02. The minimum absolute atomic E-state index is 0.150. The van der Waals surface area contributed by atoms with E-state index in [1.165, 1.54) is 18.3 Å². The van der Waals surface area contributed by atoms with Crippen molar-refractivity contribution in [1.29, 1.82) is 0 Å². The van der Waals surface area contributed by atoms with E-state index < -0.39 is 5.91 Å². The molecule has 0 aliphatic carbocycles. The van der Waals surface area contributed by atoms with E-state index in [1.807, 2.05) is 32.0 Å². The predicted molar refractivity (Wildman–Crippen MR) is 86.9 cm³/mol. The van der Waals surface area contributed by atoms with Gasteiger partial charge in [-0.05, 0) is 54.8 Å². The Balaban J connectivity index is 1.86. The normalized spacial score (nSPS) is 10.7. The number of carbonyl (C=O) groups excluding carboxylic acids is 1. The molecule has 1 amide bonds. The van der Waals surface area contributed by atoms with Gasteiger partial charge in [0.2, 0.25) is 0 Å². The summed E-state index contributed by atoms with van der Waals surface area (Å²) in [6, 6.07) is 9.99. The van der Waals surface area contributed by atoms with Crippen molar-refractivity contribution in [3.8, 4) is 17.2 Å². The SMILES string of the molecule is Cc1ccc(C)c(OCC(=O)N/N=C/c2ccc(O)c(O)c2)c1. The van der Waals surface area contributed by atoms with E-state index in [0.29, 0.717) is 11.3 Å². The summed E-state index contributed by atoms with van der Waals surface area (Å²) in [7, 11) is 0. The van der Waals surface area contributed by atoms with Gasteiger partial charge < -0.3 is 14.9 Å². The van der Waals surface area contributed by atoms with Gasteiger partial charge in [-0.15, -0.1) is 0 Å². The first-order chi connectivity index (χ1) is 11.0. The van der Waals surface area contributed by atoms with Gasteiger partial charge in [-0.25, -0.2) is 5.43 Å². The number of rotatable bonds is 5. The predicted octanol–water partition coefficient (Wildman–Crippen LogP) is 2.24. The average molecular weight is 314 g/mol. The number of nitrogens with zero attached hydrogens (tertiary/aromatic N) is 1. The van der Waals surface area contributed by atoms with Crippen LogP contribution in [0.15, 0.2) is 41.5 Å². The highest BCUT2D eigenvalue weighted by atomic mass is 16.5. The smallest absolute Gasteiger partial charge is 0.277 e. The molecule has 0 fully saturated rings. The van der Waals surface area contributed by atoms with Crippen molar-refractivity contribution in [3.63, 3.8) is 0 Å². The Bertz CT molecular complexity index is 741. The first-order valence-corrected chi connectivity index (χ1v) is 6.99. The van der Waals surface area contributed by atoms with Crippen LogP contribution in [0.3, 0.4) is 0 Å². The number of nitrogens with one attached hydrogen (secondary N) is 1. The summed E-state index contributed by atoms with van der Waals surface area (Å²) in [5.41, 5.74) is 4.87. The molecule has 6 heteroatoms. The molecule has 0 aromatic heterocycles. The molecule has 3 N–H and O–H groups in total. The van der Waals surface area contributed by atoms with Crippen LogP contribution in [0, 0.1) is 13.8 Å². The molecule has 0 aliphatic rings. The van der Waals surface area contributed by atoms with E-state index in [-0.39, 0.29) is 18.1 Å². The van der Waals surface area contributed by atoms with Gasteiger partial charge in [0.05, 0.1) is 6.21 Å². The van der Waals surface area contributed by atoms with Crippen molar-refractivity contribution in [3.05, 3.63) is 53.1 Å². The monoisotopic (exact) mass is 314 g/mol. The third kappa shape index (κ3) is 4.74. The van der Waals surface area contributed by atoms with Crippen LogP contribution in [0.5, 0.6) is 17.2 Å². The molecule has 2 aromatic carbocycles. The Labute approximate surface area is 134 Å². The van der Waals surface area contributed by atoms with Crippen molar-refractivity contribution < 1.29 is 19.7 Å². The second kappa shape index (κ2) is 7.31. The molecule has 0 aliphatic heterocycles. The van der Waals surface area contributed by atoms with Crippen molar-refractivity contribution >= 4 is 12.1 Å². The van der Waals surface area contributed by atoms with E-state index in [4.69, 9.17) is 4.74 Å². The first-order valence-electron chi connectivity index (χ1n) is 6.99. The topological polar surface area (TPSA) is 91.2 Å². The molecule has 2 rings (SSSR count). The van der Waals surface area contributed by atoms with Crippen LogP contribution in [0.2, 0.25) is 0 Å². The molecular weight excluding hydrogens is 296 g/mol. The third-order valence-electron chi connectivity index (χ3n) is 3.10. The number of ether oxygens (including phenoxy) is 1. The van der Waals surface area contributed by atoms with Gasteiger partial charge in [0.25, 0.3) is 5.91 Å². The van der Waals surface area contributed by atoms with Gasteiger partial charge in [0.1, 0.15) is 5.75 Å². The Morgan fingerprint density at radius 3 is 2.70 bits per heavy atom. The number of phenols is 2. The van der Waals surface area contributed by atoms with Gasteiger partial charge in [0.15, 0.2) is 18.1 Å². The summed E-state index contributed by atoms with van der Waals surface area (Å²) in [5.74, 6) is -0.204. The summed E-state index contributed by atoms with van der Waals surface area (Å²) in [4.78, 5) is 11.7. The zero-order valence-electron chi connectivity index (χ0n) is 12.9. The number of hydrogen-bond donors (Lipinski definition) is 3. The Morgan fingerprint density at radius 1 is 1.17 bits per heavy atom. The second-order valence-electron chi connectivity index (χ2n) is 5.10. The number of phenolic OH excluding ortho intramolecular Hbond substituents is 2. The fourth-order valence-electron chi connectivity index (χ4n) is 1.84. The van der Waals surface area contributed by atoms with Gasteiger partial charge in [-0.3, -0.25) is 4.79 Å². The molecule has 0 saturated carbocycles. The maximum Gasteiger partial charge on any atom is 0.277 e. The largest absolute Gasteiger partial charge is 0.504 e. The fourth-order valence-corrected chi connectivity index (χ4v) is 1.84. The van der Waals surface area contributed by atoms with Gasteiger partial charge in [0, 0.05) is 0 Å². The molecule has 2 aromatic rings. The summed E-state index contributed by atoms with van der Waals surface area (Å²) < 4.78 is 5.46. The summed E-state index contributed by atoms with van der Waals surface area (Å²) in [6.45, 7) is 3.70. The molecule has 120 valence electrons. The van der Waals surface area contributed by atoms with Crippen LogP contribution in [0.4, 0.5) is 0 Å². The van der Waals surface area contributed by atoms with Crippen LogP contribution in [-0.2, 0) is 4.79 Å². The molecule has 0 radical (unpaired) electrons. The number of benzene rings is 2. The van der Waals surface area contributed by atoms with Crippen LogP contribution in [0.1, 0.15) is 16.7 Å². The summed E-state index contributed by atoms with van der Waals surface area (Å²) in [5, 5.41) is 22.3. The van der Waals surface area contributed by atoms with Crippen molar-refractivity contribution in [1.82, 2.24) is 5.43 Å². The van der Waals surface area contributed by atoms with E-state index in [9.17, 15) is 15.0 Å². The standard InChI is InChI=1S/C17H18N2O4/c1-11-3-4-12(2)16(7-11)23-10-17(22)19-18-9-13-5-6-14(20)15(21)8-13/h3-9,20-21H,10H2,1-2H3,(H,19,22)/b18-9+. The summed E-state index contributed by atoms with van der Waals surface area (Å²) >= 11 is 0. The summed E-state index contributed by atoms with van der Waals surface area (Å²) in [6.07, 6.45) is 1.36. The minimum Gasteiger partial charge on any atom is -0.504 e. The third-order valence-corrected chi connectivity index (χ3v) is 3.10. The number of aryl methyl sites for hydroxylation is 2. The first kappa shape index (κ1) is 16.4. The van der Waals surface area contributed by atoms with Crippen molar-refractivity contribution in [2.24, 2.45) is 5.10 Å². The van der Waals surface area contributed by atoms with Gasteiger partial charge in [-0.1, -0.05) is 12.1 Å². The molecular formula is C17H18N2O4. The number of hydrazone groups is 1. The lowest BCUT2D eigenvalue weighted by Crippen LogP contribution is -2.24. The molecule has 0 spiro atoms. The van der Waals surface area contributed by atoms with Crippen molar-refractivity contribution in [2.75, 3.05) is 6.61 Å². The maximum atomic E-state index is 11.7. The van der Waals surface area contributed by atoms with E-state index in [2.05, 4.69) is 10.5 Å². The number of carbonyl (C=O) groups is 1. The quantitative estimate of drug-likeness (QED) is 0.448. The Kier molecular flexibility index (Phi) is 5.19.